The van der Waals surface area contributed by atoms with Gasteiger partial charge in [-0.15, -0.1) is 6.58 Å². The summed E-state index contributed by atoms with van der Waals surface area (Å²) >= 11 is 11.7. The third-order valence-corrected chi connectivity index (χ3v) is 3.20. The quantitative estimate of drug-likeness (QED) is 0.593. The Labute approximate surface area is 105 Å². The fraction of sp³-hybridized carbons (Fsp3) is 0.333. The van der Waals surface area contributed by atoms with Gasteiger partial charge >= 0.3 is 0 Å². The van der Waals surface area contributed by atoms with Gasteiger partial charge in [-0.25, -0.2) is 0 Å². The summed E-state index contributed by atoms with van der Waals surface area (Å²) in [6.07, 6.45) is 2.64. The molecule has 0 saturated carbocycles. The third-order valence-electron chi connectivity index (χ3n) is 2.46. The van der Waals surface area contributed by atoms with Gasteiger partial charge in [0.15, 0.2) is 0 Å². The smallest absolute Gasteiger partial charge is 0.129 e. The highest BCUT2D eigenvalue weighted by Crippen LogP contribution is 2.33. The lowest BCUT2D eigenvalue weighted by molar-refractivity contribution is 0.190. The lowest BCUT2D eigenvalue weighted by atomic mass is 10.1. The van der Waals surface area contributed by atoms with Crippen LogP contribution in [0.2, 0.25) is 10.0 Å². The number of rotatable bonds is 5. The first-order valence-corrected chi connectivity index (χ1v) is 5.73. The SMILES string of the molecule is C=CCC1(COc2ccc(Cl)c(Cl)c2)CO1. The van der Waals surface area contributed by atoms with Crippen molar-refractivity contribution >= 4 is 23.2 Å². The number of hydrogen-bond donors (Lipinski definition) is 0. The molecule has 2 rings (SSSR count). The summed E-state index contributed by atoms with van der Waals surface area (Å²) in [6.45, 7) is 4.93. The van der Waals surface area contributed by atoms with Crippen molar-refractivity contribution < 1.29 is 9.47 Å². The van der Waals surface area contributed by atoms with Crippen molar-refractivity contribution in [3.63, 3.8) is 0 Å². The highest BCUT2D eigenvalue weighted by molar-refractivity contribution is 6.42. The Bertz CT molecular complexity index is 400. The average molecular weight is 259 g/mol. The van der Waals surface area contributed by atoms with Crippen LogP contribution in [0.5, 0.6) is 5.75 Å². The molecule has 2 nitrogen and oxygen atoms in total. The van der Waals surface area contributed by atoms with E-state index in [1.165, 1.54) is 0 Å². The Morgan fingerprint density at radius 3 is 2.75 bits per heavy atom. The molecule has 1 aliphatic rings. The minimum Gasteiger partial charge on any atom is -0.490 e. The Kier molecular flexibility index (Phi) is 3.43. The molecule has 0 aliphatic carbocycles. The Balaban J connectivity index is 1.94. The fourth-order valence-electron chi connectivity index (χ4n) is 1.41. The van der Waals surface area contributed by atoms with Gasteiger partial charge in [-0.05, 0) is 18.6 Å². The minimum absolute atomic E-state index is 0.173. The molecule has 1 aliphatic heterocycles. The van der Waals surface area contributed by atoms with Gasteiger partial charge in [0, 0.05) is 6.07 Å². The maximum Gasteiger partial charge on any atom is 0.129 e. The first-order valence-electron chi connectivity index (χ1n) is 4.98. The zero-order valence-corrected chi connectivity index (χ0v) is 10.2. The number of hydrogen-bond acceptors (Lipinski definition) is 2. The highest BCUT2D eigenvalue weighted by Gasteiger charge is 2.44. The summed E-state index contributed by atoms with van der Waals surface area (Å²) in [7, 11) is 0. The molecule has 1 fully saturated rings. The molecule has 0 radical (unpaired) electrons. The largest absolute Gasteiger partial charge is 0.490 e. The van der Waals surface area contributed by atoms with Gasteiger partial charge in [-0.3, -0.25) is 0 Å². The van der Waals surface area contributed by atoms with Crippen LogP contribution < -0.4 is 4.74 Å². The summed E-state index contributed by atoms with van der Waals surface area (Å²) in [6, 6.07) is 5.21. The molecule has 4 heteroatoms. The van der Waals surface area contributed by atoms with Crippen LogP contribution in [0.25, 0.3) is 0 Å². The summed E-state index contributed by atoms with van der Waals surface area (Å²) in [5.74, 6) is 0.702. The number of benzene rings is 1. The van der Waals surface area contributed by atoms with Crippen LogP contribution in [0.1, 0.15) is 6.42 Å². The predicted molar refractivity (Wildman–Crippen MR) is 65.5 cm³/mol. The Morgan fingerprint density at radius 1 is 1.44 bits per heavy atom. The molecule has 1 heterocycles. The van der Waals surface area contributed by atoms with Crippen molar-refractivity contribution in [1.29, 1.82) is 0 Å². The standard InChI is InChI=1S/C12H12Cl2O2/c1-2-5-12(8-16-12)7-15-9-3-4-10(13)11(14)6-9/h2-4,6H,1,5,7-8H2. The molecule has 0 spiro atoms. The minimum atomic E-state index is -0.173. The van der Waals surface area contributed by atoms with Crippen LogP contribution >= 0.6 is 23.2 Å². The van der Waals surface area contributed by atoms with Crippen molar-refractivity contribution in [2.45, 2.75) is 12.0 Å². The van der Waals surface area contributed by atoms with E-state index in [0.29, 0.717) is 22.4 Å². The summed E-state index contributed by atoms with van der Waals surface area (Å²) in [5.41, 5.74) is -0.173. The van der Waals surface area contributed by atoms with E-state index in [1.54, 1.807) is 18.2 Å². The van der Waals surface area contributed by atoms with Gasteiger partial charge in [0.05, 0.1) is 16.7 Å². The van der Waals surface area contributed by atoms with E-state index in [-0.39, 0.29) is 5.60 Å². The zero-order chi connectivity index (χ0) is 11.6. The lowest BCUT2D eigenvalue weighted by Crippen LogP contribution is -2.20. The predicted octanol–water partition coefficient (Wildman–Crippen LogP) is 3.72. The molecule has 1 unspecified atom stereocenters. The number of epoxide rings is 1. The van der Waals surface area contributed by atoms with E-state index in [4.69, 9.17) is 32.7 Å². The van der Waals surface area contributed by atoms with Crippen LogP contribution in [-0.4, -0.2) is 18.8 Å². The monoisotopic (exact) mass is 258 g/mol. The second kappa shape index (κ2) is 4.66. The van der Waals surface area contributed by atoms with E-state index >= 15 is 0 Å². The van der Waals surface area contributed by atoms with Crippen molar-refractivity contribution in [2.75, 3.05) is 13.2 Å². The molecule has 1 aromatic rings. The van der Waals surface area contributed by atoms with Crippen molar-refractivity contribution in [2.24, 2.45) is 0 Å². The lowest BCUT2D eigenvalue weighted by Gasteiger charge is -2.11. The molecule has 1 saturated heterocycles. The number of halogens is 2. The van der Waals surface area contributed by atoms with Gasteiger partial charge in [0.1, 0.15) is 18.0 Å². The van der Waals surface area contributed by atoms with E-state index in [2.05, 4.69) is 6.58 Å². The topological polar surface area (TPSA) is 21.8 Å². The highest BCUT2D eigenvalue weighted by atomic mass is 35.5. The molecule has 16 heavy (non-hydrogen) atoms. The van der Waals surface area contributed by atoms with Crippen LogP contribution in [0, 0.1) is 0 Å². The zero-order valence-electron chi connectivity index (χ0n) is 8.71. The van der Waals surface area contributed by atoms with Crippen LogP contribution in [-0.2, 0) is 4.74 Å². The molecule has 0 aromatic heterocycles. The van der Waals surface area contributed by atoms with Crippen molar-refractivity contribution in [3.05, 3.63) is 40.9 Å². The van der Waals surface area contributed by atoms with E-state index in [9.17, 15) is 0 Å². The van der Waals surface area contributed by atoms with Crippen LogP contribution in [0.4, 0.5) is 0 Å². The Morgan fingerprint density at radius 2 is 2.19 bits per heavy atom. The molecular weight excluding hydrogens is 247 g/mol. The second-order valence-corrected chi connectivity index (χ2v) is 4.64. The molecule has 86 valence electrons. The van der Waals surface area contributed by atoms with Gasteiger partial charge in [-0.2, -0.15) is 0 Å². The van der Waals surface area contributed by atoms with Crippen LogP contribution in [0.15, 0.2) is 30.9 Å². The van der Waals surface area contributed by atoms with Crippen LogP contribution in [0.3, 0.4) is 0 Å². The maximum absolute atomic E-state index is 5.88. The molecule has 1 atom stereocenters. The molecular formula is C12H12Cl2O2. The fourth-order valence-corrected chi connectivity index (χ4v) is 1.69. The molecule has 0 bridgehead atoms. The normalized spacial score (nSPS) is 22.9. The first-order chi connectivity index (χ1) is 7.65. The van der Waals surface area contributed by atoms with Crippen molar-refractivity contribution in [3.8, 4) is 5.75 Å². The number of ether oxygens (including phenoxy) is 2. The van der Waals surface area contributed by atoms with Crippen molar-refractivity contribution in [1.82, 2.24) is 0 Å². The van der Waals surface area contributed by atoms with Gasteiger partial charge < -0.3 is 9.47 Å². The molecule has 0 N–H and O–H groups in total. The molecule has 1 aromatic carbocycles. The van der Waals surface area contributed by atoms with Gasteiger partial charge in [0.25, 0.3) is 0 Å². The second-order valence-electron chi connectivity index (χ2n) is 3.83. The summed E-state index contributed by atoms with van der Waals surface area (Å²) in [5, 5.41) is 1.02. The average Bonchev–Trinajstić information content (AvgIpc) is 3.01. The van der Waals surface area contributed by atoms with E-state index < -0.39 is 0 Å². The van der Waals surface area contributed by atoms with E-state index in [1.807, 2.05) is 6.08 Å². The Hall–Kier alpha value is -0.700. The van der Waals surface area contributed by atoms with Gasteiger partial charge in [-0.1, -0.05) is 29.3 Å². The van der Waals surface area contributed by atoms with Gasteiger partial charge in [0.2, 0.25) is 0 Å². The third kappa shape index (κ3) is 2.70. The summed E-state index contributed by atoms with van der Waals surface area (Å²) in [4.78, 5) is 0. The van der Waals surface area contributed by atoms with E-state index in [0.717, 1.165) is 13.0 Å². The maximum atomic E-state index is 5.88. The molecule has 0 amide bonds. The first kappa shape index (κ1) is 11.8. The summed E-state index contributed by atoms with van der Waals surface area (Å²) < 4.78 is 11.0.